The lowest BCUT2D eigenvalue weighted by molar-refractivity contribution is -0.137. The summed E-state index contributed by atoms with van der Waals surface area (Å²) in [6, 6.07) is 12.7. The van der Waals surface area contributed by atoms with Gasteiger partial charge in [0.25, 0.3) is 15.9 Å². The molecule has 1 aliphatic heterocycles. The van der Waals surface area contributed by atoms with Gasteiger partial charge in [-0.25, -0.2) is 8.42 Å². The summed E-state index contributed by atoms with van der Waals surface area (Å²) < 4.78 is 68.5. The maximum atomic E-state index is 13.2. The molecule has 34 heavy (non-hydrogen) atoms. The molecular formula is C22H20ClF3N4O3S. The van der Waals surface area contributed by atoms with E-state index in [1.807, 2.05) is 0 Å². The highest BCUT2D eigenvalue weighted by atomic mass is 35.5. The average molecular weight is 513 g/mol. The van der Waals surface area contributed by atoms with Crippen molar-refractivity contribution in [2.75, 3.05) is 13.1 Å². The lowest BCUT2D eigenvalue weighted by Gasteiger charge is -2.21. The van der Waals surface area contributed by atoms with Crippen molar-refractivity contribution >= 4 is 27.5 Å². The number of nitrogens with zero attached hydrogens (tertiary/aromatic N) is 3. The molecule has 2 atom stereocenters. The summed E-state index contributed by atoms with van der Waals surface area (Å²) in [5.74, 6) is -1.26. The Morgan fingerprint density at radius 3 is 2.41 bits per heavy atom. The van der Waals surface area contributed by atoms with Crippen LogP contribution in [0.1, 0.15) is 27.4 Å². The van der Waals surface area contributed by atoms with Crippen LogP contribution in [0.4, 0.5) is 13.2 Å². The van der Waals surface area contributed by atoms with E-state index in [0.717, 1.165) is 17.7 Å². The third-order valence-electron chi connectivity index (χ3n) is 5.67. The van der Waals surface area contributed by atoms with Crippen molar-refractivity contribution in [2.24, 2.45) is 7.05 Å². The van der Waals surface area contributed by atoms with Crippen LogP contribution < -0.4 is 5.32 Å². The fourth-order valence-corrected chi connectivity index (χ4v) is 5.75. The van der Waals surface area contributed by atoms with E-state index in [2.05, 4.69) is 10.4 Å². The summed E-state index contributed by atoms with van der Waals surface area (Å²) in [6.45, 7) is -0.0228. The van der Waals surface area contributed by atoms with E-state index < -0.39 is 44.7 Å². The SMILES string of the molecule is Cn1ccc(S(=O)(=O)N2CC(NC(=O)c3cccc(C(F)(F)F)c3Cl)C(c3ccccc3)C2)n1. The van der Waals surface area contributed by atoms with Gasteiger partial charge in [-0.1, -0.05) is 48.0 Å². The molecule has 1 amide bonds. The van der Waals surface area contributed by atoms with Crippen LogP contribution in [0.3, 0.4) is 0 Å². The molecule has 1 saturated heterocycles. The van der Waals surface area contributed by atoms with Gasteiger partial charge in [0.1, 0.15) is 0 Å². The Hall–Kier alpha value is -2.89. The summed E-state index contributed by atoms with van der Waals surface area (Å²) >= 11 is 5.91. The zero-order valence-electron chi connectivity index (χ0n) is 17.8. The number of aromatic nitrogens is 2. The summed E-state index contributed by atoms with van der Waals surface area (Å²) in [5.41, 5.74) is -0.678. The molecule has 2 aromatic carbocycles. The van der Waals surface area contributed by atoms with E-state index in [1.165, 1.54) is 27.3 Å². The Kier molecular flexibility index (Phi) is 6.45. The second-order valence-electron chi connectivity index (χ2n) is 7.91. The van der Waals surface area contributed by atoms with Crippen molar-refractivity contribution < 1.29 is 26.4 Å². The van der Waals surface area contributed by atoms with E-state index in [1.54, 1.807) is 37.4 Å². The Morgan fingerprint density at radius 1 is 1.09 bits per heavy atom. The molecule has 180 valence electrons. The lowest BCUT2D eigenvalue weighted by atomic mass is 9.94. The van der Waals surface area contributed by atoms with E-state index in [9.17, 15) is 26.4 Å². The first-order chi connectivity index (χ1) is 16.0. The zero-order valence-corrected chi connectivity index (χ0v) is 19.4. The summed E-state index contributed by atoms with van der Waals surface area (Å²) in [5, 5.41) is 5.84. The minimum absolute atomic E-state index is 0.0597. The van der Waals surface area contributed by atoms with Gasteiger partial charge in [0.05, 0.1) is 22.2 Å². The van der Waals surface area contributed by atoms with Crippen LogP contribution >= 0.6 is 11.6 Å². The first-order valence-electron chi connectivity index (χ1n) is 10.2. The number of hydrogen-bond acceptors (Lipinski definition) is 4. The van der Waals surface area contributed by atoms with E-state index >= 15 is 0 Å². The Bertz CT molecular complexity index is 1310. The number of rotatable bonds is 5. The maximum Gasteiger partial charge on any atom is 0.417 e. The predicted molar refractivity (Wildman–Crippen MR) is 119 cm³/mol. The van der Waals surface area contributed by atoms with Crippen LogP contribution in [-0.2, 0) is 23.2 Å². The Morgan fingerprint density at radius 2 is 1.79 bits per heavy atom. The number of hydrogen-bond donors (Lipinski definition) is 1. The lowest BCUT2D eigenvalue weighted by Crippen LogP contribution is -2.40. The highest BCUT2D eigenvalue weighted by Crippen LogP contribution is 2.37. The zero-order chi connectivity index (χ0) is 24.7. The highest BCUT2D eigenvalue weighted by Gasteiger charge is 2.42. The standard InChI is InChI=1S/C22H20ClF3N4O3S/c1-29-11-10-19(28-29)34(32,33)30-12-16(14-6-3-2-4-7-14)18(13-30)27-21(31)15-8-5-9-17(20(15)23)22(24,25)26/h2-11,16,18H,12-13H2,1H3,(H,27,31). The monoisotopic (exact) mass is 512 g/mol. The van der Waals surface area contributed by atoms with E-state index in [4.69, 9.17) is 11.6 Å². The van der Waals surface area contributed by atoms with Crippen LogP contribution in [0.2, 0.25) is 5.02 Å². The summed E-state index contributed by atoms with van der Waals surface area (Å²) in [6.07, 6.45) is -3.21. The van der Waals surface area contributed by atoms with Gasteiger partial charge < -0.3 is 5.32 Å². The number of amides is 1. The van der Waals surface area contributed by atoms with Crippen LogP contribution in [0, 0.1) is 0 Å². The van der Waals surface area contributed by atoms with Crippen LogP contribution in [-0.4, -0.2) is 47.5 Å². The number of sulfonamides is 1. The first kappa shape index (κ1) is 24.2. The second kappa shape index (κ2) is 9.05. The van der Waals surface area contributed by atoms with Crippen LogP contribution in [0.5, 0.6) is 0 Å². The molecular weight excluding hydrogens is 493 g/mol. The Balaban J connectivity index is 1.65. The topological polar surface area (TPSA) is 84.3 Å². The molecule has 0 spiro atoms. The Labute approximate surface area is 199 Å². The largest absolute Gasteiger partial charge is 0.417 e. The summed E-state index contributed by atoms with van der Waals surface area (Å²) in [7, 11) is -2.36. The number of nitrogens with one attached hydrogen (secondary N) is 1. The molecule has 7 nitrogen and oxygen atoms in total. The molecule has 0 saturated carbocycles. The number of alkyl halides is 3. The molecule has 2 unspecified atom stereocenters. The molecule has 2 heterocycles. The van der Waals surface area contributed by atoms with Gasteiger partial charge in [0.2, 0.25) is 0 Å². The molecule has 0 aliphatic carbocycles. The highest BCUT2D eigenvalue weighted by molar-refractivity contribution is 7.89. The first-order valence-corrected chi connectivity index (χ1v) is 12.0. The van der Waals surface area contributed by atoms with Gasteiger partial charge in [-0.05, 0) is 23.8 Å². The van der Waals surface area contributed by atoms with Crippen molar-refractivity contribution in [3.8, 4) is 0 Å². The van der Waals surface area contributed by atoms with Gasteiger partial charge >= 0.3 is 6.18 Å². The number of benzene rings is 2. The number of carbonyl (C=O) groups is 1. The smallest absolute Gasteiger partial charge is 0.347 e. The van der Waals surface area contributed by atoms with Gasteiger partial charge in [0.15, 0.2) is 5.03 Å². The minimum Gasteiger partial charge on any atom is -0.347 e. The quantitative estimate of drug-likeness (QED) is 0.565. The second-order valence-corrected chi connectivity index (χ2v) is 10.2. The molecule has 1 aromatic heterocycles. The molecule has 1 fully saturated rings. The molecule has 0 radical (unpaired) electrons. The average Bonchev–Trinajstić information content (AvgIpc) is 3.41. The van der Waals surface area contributed by atoms with Crippen LogP contribution in [0.15, 0.2) is 65.8 Å². The van der Waals surface area contributed by atoms with Gasteiger partial charge in [-0.3, -0.25) is 9.48 Å². The van der Waals surface area contributed by atoms with E-state index in [-0.39, 0.29) is 23.7 Å². The normalized spacial score (nSPS) is 19.3. The van der Waals surface area contributed by atoms with Gasteiger partial charge in [-0.15, -0.1) is 0 Å². The minimum atomic E-state index is -4.72. The van der Waals surface area contributed by atoms with Crippen molar-refractivity contribution in [1.82, 2.24) is 19.4 Å². The number of carbonyl (C=O) groups excluding carboxylic acids is 1. The van der Waals surface area contributed by atoms with Crippen molar-refractivity contribution in [3.05, 3.63) is 82.5 Å². The van der Waals surface area contributed by atoms with Crippen LogP contribution in [0.25, 0.3) is 0 Å². The van der Waals surface area contributed by atoms with Gasteiger partial charge in [0, 0.05) is 32.3 Å². The molecule has 3 aromatic rings. The molecule has 1 aliphatic rings. The molecule has 1 N–H and O–H groups in total. The third-order valence-corrected chi connectivity index (χ3v) is 7.80. The van der Waals surface area contributed by atoms with E-state index in [0.29, 0.717) is 0 Å². The summed E-state index contributed by atoms with van der Waals surface area (Å²) in [4.78, 5) is 13.0. The fourth-order valence-electron chi connectivity index (χ4n) is 3.98. The molecule has 0 bridgehead atoms. The maximum absolute atomic E-state index is 13.2. The third kappa shape index (κ3) is 4.68. The molecule has 12 heteroatoms. The van der Waals surface area contributed by atoms with Gasteiger partial charge in [-0.2, -0.15) is 22.6 Å². The predicted octanol–water partition coefficient (Wildman–Crippen LogP) is 3.68. The molecule has 4 rings (SSSR count). The van der Waals surface area contributed by atoms with Crippen molar-refractivity contribution in [3.63, 3.8) is 0 Å². The number of halogens is 4. The fraction of sp³-hybridized carbons (Fsp3) is 0.273. The van der Waals surface area contributed by atoms with Crippen molar-refractivity contribution in [1.29, 1.82) is 0 Å². The number of aryl methyl sites for hydroxylation is 1. The van der Waals surface area contributed by atoms with Crippen molar-refractivity contribution in [2.45, 2.75) is 23.2 Å².